The molecule has 1 N–H and O–H groups in total. The molecule has 2 rings (SSSR count). The second-order valence-corrected chi connectivity index (χ2v) is 4.92. The van der Waals surface area contributed by atoms with E-state index in [2.05, 4.69) is 0 Å². The summed E-state index contributed by atoms with van der Waals surface area (Å²) in [6.45, 7) is 5.64. The van der Waals surface area contributed by atoms with Crippen LogP contribution in [0.15, 0.2) is 24.3 Å². The van der Waals surface area contributed by atoms with Gasteiger partial charge in [0.2, 0.25) is 0 Å². The number of ether oxygens (including phenoxy) is 2. The zero-order valence-electron chi connectivity index (χ0n) is 11.5. The van der Waals surface area contributed by atoms with Gasteiger partial charge in [-0.25, -0.2) is 0 Å². The zero-order chi connectivity index (χ0) is 14.2. The number of benzene rings is 1. The highest BCUT2D eigenvalue weighted by Gasteiger charge is 2.12. The fourth-order valence-corrected chi connectivity index (χ4v) is 2.26. The van der Waals surface area contributed by atoms with Crippen molar-refractivity contribution in [2.45, 2.75) is 12.8 Å². The fourth-order valence-electron chi connectivity index (χ4n) is 2.26. The maximum Gasteiger partial charge on any atom is 0.273 e. The van der Waals surface area contributed by atoms with Crippen LogP contribution in [0, 0.1) is 10.1 Å². The lowest BCUT2D eigenvalue weighted by Crippen LogP contribution is -3.14. The Morgan fingerprint density at radius 1 is 1.30 bits per heavy atom. The van der Waals surface area contributed by atoms with Crippen LogP contribution in [0.25, 0.3) is 0 Å². The van der Waals surface area contributed by atoms with Gasteiger partial charge < -0.3 is 14.4 Å². The van der Waals surface area contributed by atoms with Crippen LogP contribution in [-0.2, 0) is 4.74 Å². The second-order valence-electron chi connectivity index (χ2n) is 4.92. The lowest BCUT2D eigenvalue weighted by molar-refractivity contribution is -0.908. The first-order chi connectivity index (χ1) is 9.75. The van der Waals surface area contributed by atoms with Crippen molar-refractivity contribution in [3.8, 4) is 5.75 Å². The van der Waals surface area contributed by atoms with Crippen molar-refractivity contribution in [3.63, 3.8) is 0 Å². The summed E-state index contributed by atoms with van der Waals surface area (Å²) in [5.41, 5.74) is 0.0697. The zero-order valence-corrected chi connectivity index (χ0v) is 11.5. The molecule has 0 amide bonds. The molecule has 1 aromatic carbocycles. The van der Waals surface area contributed by atoms with Crippen LogP contribution in [0.1, 0.15) is 12.8 Å². The van der Waals surface area contributed by atoms with E-state index in [9.17, 15) is 10.1 Å². The Labute approximate surface area is 118 Å². The summed E-state index contributed by atoms with van der Waals surface area (Å²) in [4.78, 5) is 11.8. The Kier molecular flexibility index (Phi) is 5.76. The number of nitrogens with zero attached hydrogens (tertiary/aromatic N) is 1. The van der Waals surface area contributed by atoms with Gasteiger partial charge in [0, 0.05) is 6.07 Å². The highest BCUT2D eigenvalue weighted by molar-refractivity contribution is 5.37. The van der Waals surface area contributed by atoms with E-state index in [1.807, 2.05) is 0 Å². The molecule has 6 nitrogen and oxygen atoms in total. The monoisotopic (exact) mass is 281 g/mol. The minimum atomic E-state index is -0.408. The molecule has 20 heavy (non-hydrogen) atoms. The molecular formula is C14H21N2O4+. The third-order valence-electron chi connectivity index (χ3n) is 3.42. The van der Waals surface area contributed by atoms with Crippen LogP contribution in [0.5, 0.6) is 5.75 Å². The molecular weight excluding hydrogens is 260 g/mol. The normalized spacial score (nSPS) is 16.0. The number of hydrogen-bond acceptors (Lipinski definition) is 4. The molecule has 1 aromatic rings. The fraction of sp³-hybridized carbons (Fsp3) is 0.571. The number of rotatable bonds is 7. The molecule has 110 valence electrons. The Bertz CT molecular complexity index is 433. The SMILES string of the molecule is O=[N+]([O-])c1cccc(OCCCC[NH+]2CCOCC2)c1. The van der Waals surface area contributed by atoms with Gasteiger partial charge in [-0.05, 0) is 18.9 Å². The van der Waals surface area contributed by atoms with Crippen LogP contribution >= 0.6 is 0 Å². The van der Waals surface area contributed by atoms with Crippen LogP contribution in [0.2, 0.25) is 0 Å². The molecule has 1 saturated heterocycles. The van der Waals surface area contributed by atoms with Crippen molar-refractivity contribution in [1.29, 1.82) is 0 Å². The summed E-state index contributed by atoms with van der Waals surface area (Å²) in [7, 11) is 0. The summed E-state index contributed by atoms with van der Waals surface area (Å²) in [6, 6.07) is 6.33. The minimum absolute atomic E-state index is 0.0697. The molecule has 0 spiro atoms. The van der Waals surface area contributed by atoms with Gasteiger partial charge in [0.1, 0.15) is 18.8 Å². The predicted molar refractivity (Wildman–Crippen MR) is 74.2 cm³/mol. The van der Waals surface area contributed by atoms with E-state index >= 15 is 0 Å². The van der Waals surface area contributed by atoms with E-state index in [1.54, 1.807) is 17.0 Å². The minimum Gasteiger partial charge on any atom is -0.493 e. The first-order valence-electron chi connectivity index (χ1n) is 7.04. The van der Waals surface area contributed by atoms with Crippen molar-refractivity contribution in [3.05, 3.63) is 34.4 Å². The van der Waals surface area contributed by atoms with Crippen LogP contribution in [0.3, 0.4) is 0 Å². The Morgan fingerprint density at radius 3 is 2.85 bits per heavy atom. The lowest BCUT2D eigenvalue weighted by Gasteiger charge is -2.23. The van der Waals surface area contributed by atoms with Gasteiger partial charge in [0.15, 0.2) is 0 Å². The van der Waals surface area contributed by atoms with E-state index in [0.717, 1.165) is 45.7 Å². The summed E-state index contributed by atoms with van der Waals surface area (Å²) in [6.07, 6.45) is 2.07. The number of morpholine rings is 1. The summed E-state index contributed by atoms with van der Waals surface area (Å²) in [5.74, 6) is 0.568. The summed E-state index contributed by atoms with van der Waals surface area (Å²) >= 11 is 0. The van der Waals surface area contributed by atoms with Gasteiger partial charge >= 0.3 is 0 Å². The van der Waals surface area contributed by atoms with Crippen molar-refractivity contribution in [2.24, 2.45) is 0 Å². The average Bonchev–Trinajstić information content (AvgIpc) is 2.48. The lowest BCUT2D eigenvalue weighted by atomic mass is 10.3. The number of nitro benzene ring substituents is 1. The highest BCUT2D eigenvalue weighted by Crippen LogP contribution is 2.19. The molecule has 6 heteroatoms. The van der Waals surface area contributed by atoms with E-state index in [0.29, 0.717) is 12.4 Å². The first-order valence-corrected chi connectivity index (χ1v) is 7.04. The maximum absolute atomic E-state index is 10.6. The van der Waals surface area contributed by atoms with Gasteiger partial charge in [-0.3, -0.25) is 10.1 Å². The van der Waals surface area contributed by atoms with Crippen LogP contribution in [-0.4, -0.2) is 44.4 Å². The summed E-state index contributed by atoms with van der Waals surface area (Å²) in [5, 5.41) is 10.6. The topological polar surface area (TPSA) is 66.0 Å². The Morgan fingerprint density at radius 2 is 2.10 bits per heavy atom. The standard InChI is InChI=1S/C14H20N2O4/c17-16(18)13-4-3-5-14(12-13)20-9-2-1-6-15-7-10-19-11-8-15/h3-5,12H,1-2,6-11H2/p+1. The molecule has 1 aliphatic rings. The van der Waals surface area contributed by atoms with Gasteiger partial charge in [0.05, 0.1) is 37.4 Å². The smallest absolute Gasteiger partial charge is 0.273 e. The van der Waals surface area contributed by atoms with Gasteiger partial charge in [-0.15, -0.1) is 0 Å². The third kappa shape index (κ3) is 4.79. The molecule has 1 fully saturated rings. The van der Waals surface area contributed by atoms with Gasteiger partial charge in [-0.2, -0.15) is 0 Å². The number of quaternary nitrogens is 1. The predicted octanol–water partition coefficient (Wildman–Crippen LogP) is 0.669. The third-order valence-corrected chi connectivity index (χ3v) is 3.42. The first kappa shape index (κ1) is 14.7. The molecule has 1 heterocycles. The van der Waals surface area contributed by atoms with Crippen molar-refractivity contribution in [2.75, 3.05) is 39.5 Å². The highest BCUT2D eigenvalue weighted by atomic mass is 16.6. The quantitative estimate of drug-likeness (QED) is 0.453. The van der Waals surface area contributed by atoms with Crippen LogP contribution in [0.4, 0.5) is 5.69 Å². The van der Waals surface area contributed by atoms with E-state index in [1.165, 1.54) is 12.1 Å². The average molecular weight is 281 g/mol. The van der Waals surface area contributed by atoms with Gasteiger partial charge in [-0.1, -0.05) is 6.07 Å². The molecule has 0 radical (unpaired) electrons. The van der Waals surface area contributed by atoms with Gasteiger partial charge in [0.25, 0.3) is 5.69 Å². The largest absolute Gasteiger partial charge is 0.493 e. The van der Waals surface area contributed by atoms with E-state index in [-0.39, 0.29) is 5.69 Å². The van der Waals surface area contributed by atoms with E-state index < -0.39 is 4.92 Å². The van der Waals surface area contributed by atoms with Crippen molar-refractivity contribution < 1.29 is 19.3 Å². The number of hydrogen-bond donors (Lipinski definition) is 1. The van der Waals surface area contributed by atoms with E-state index in [4.69, 9.17) is 9.47 Å². The molecule has 0 saturated carbocycles. The number of nitrogens with one attached hydrogen (secondary N) is 1. The molecule has 0 aromatic heterocycles. The van der Waals surface area contributed by atoms with Crippen LogP contribution < -0.4 is 9.64 Å². The molecule has 0 unspecified atom stereocenters. The molecule has 1 aliphatic heterocycles. The number of non-ortho nitro benzene ring substituents is 1. The maximum atomic E-state index is 10.6. The Balaban J connectivity index is 1.63. The molecule has 0 atom stereocenters. The Hall–Kier alpha value is -1.66. The van der Waals surface area contributed by atoms with Crippen molar-refractivity contribution in [1.82, 2.24) is 0 Å². The molecule has 0 aliphatic carbocycles. The molecule has 0 bridgehead atoms. The number of nitro groups is 1. The second kappa shape index (κ2) is 7.81. The summed E-state index contributed by atoms with van der Waals surface area (Å²) < 4.78 is 10.9. The van der Waals surface area contributed by atoms with Crippen molar-refractivity contribution >= 4 is 5.69 Å². The number of unbranched alkanes of at least 4 members (excludes halogenated alkanes) is 1.